The lowest BCUT2D eigenvalue weighted by atomic mass is 9.97. The van der Waals surface area contributed by atoms with Crippen molar-refractivity contribution in [3.8, 4) is 0 Å². The van der Waals surface area contributed by atoms with Crippen molar-refractivity contribution in [1.29, 1.82) is 0 Å². The molecule has 1 aromatic heterocycles. The molecule has 0 atom stereocenters. The molecule has 132 valence electrons. The summed E-state index contributed by atoms with van der Waals surface area (Å²) in [6, 6.07) is 1.60. The number of nitrogens with two attached hydrogens (primary N) is 1. The maximum Gasteiger partial charge on any atom is 0.309 e. The molecule has 1 aliphatic heterocycles. The Bertz CT molecular complexity index is 594. The second-order valence-electron chi connectivity index (χ2n) is 5.69. The summed E-state index contributed by atoms with van der Waals surface area (Å²) in [5, 5.41) is 4.95. The van der Waals surface area contributed by atoms with Crippen LogP contribution in [0.5, 0.6) is 0 Å². The summed E-state index contributed by atoms with van der Waals surface area (Å²) < 4.78 is 5.05. The summed E-state index contributed by atoms with van der Waals surface area (Å²) in [7, 11) is 0. The Morgan fingerprint density at radius 2 is 2.08 bits per heavy atom. The standard InChI is InChI=1S/C16H23N3O4S/c1-2-23-16(22)11-3-7-19(8-4-11)9-5-13(20)18-15-12(14(17)21)6-10-24-15/h6,10-11H,2-5,7-9H2,1H3,(H2,17,21)(H,18,20). The van der Waals surface area contributed by atoms with E-state index in [4.69, 9.17) is 10.5 Å². The van der Waals surface area contributed by atoms with Gasteiger partial charge < -0.3 is 20.7 Å². The Labute approximate surface area is 145 Å². The van der Waals surface area contributed by atoms with Crippen molar-refractivity contribution in [2.45, 2.75) is 26.2 Å². The number of anilines is 1. The van der Waals surface area contributed by atoms with Gasteiger partial charge in [0.2, 0.25) is 5.91 Å². The van der Waals surface area contributed by atoms with E-state index in [1.165, 1.54) is 11.3 Å². The molecule has 0 spiro atoms. The highest BCUT2D eigenvalue weighted by Crippen LogP contribution is 2.23. The van der Waals surface area contributed by atoms with Crippen LogP contribution in [0.1, 0.15) is 36.5 Å². The van der Waals surface area contributed by atoms with E-state index in [9.17, 15) is 14.4 Å². The number of hydrogen-bond acceptors (Lipinski definition) is 6. The first kappa shape index (κ1) is 18.4. The van der Waals surface area contributed by atoms with Gasteiger partial charge >= 0.3 is 5.97 Å². The van der Waals surface area contributed by atoms with Gasteiger partial charge in [0.05, 0.1) is 18.1 Å². The third-order valence-corrected chi connectivity index (χ3v) is 4.88. The minimum Gasteiger partial charge on any atom is -0.466 e. The predicted octanol–water partition coefficient (Wildman–Crippen LogP) is 1.45. The third kappa shape index (κ3) is 5.04. The fraction of sp³-hybridized carbons (Fsp3) is 0.562. The summed E-state index contributed by atoms with van der Waals surface area (Å²) in [5.41, 5.74) is 5.59. The number of likely N-dealkylation sites (tertiary alicyclic amines) is 1. The van der Waals surface area contributed by atoms with Crippen LogP contribution >= 0.6 is 11.3 Å². The number of thiophene rings is 1. The quantitative estimate of drug-likeness (QED) is 0.723. The van der Waals surface area contributed by atoms with E-state index in [-0.39, 0.29) is 17.8 Å². The summed E-state index contributed by atoms with van der Waals surface area (Å²) in [6.45, 7) is 4.40. The van der Waals surface area contributed by atoms with Crippen molar-refractivity contribution in [1.82, 2.24) is 4.90 Å². The molecule has 0 bridgehead atoms. The molecule has 7 nitrogen and oxygen atoms in total. The Hall–Kier alpha value is -1.93. The Morgan fingerprint density at radius 1 is 1.38 bits per heavy atom. The highest BCUT2D eigenvalue weighted by atomic mass is 32.1. The van der Waals surface area contributed by atoms with E-state index in [1.807, 2.05) is 6.92 Å². The van der Waals surface area contributed by atoms with Gasteiger partial charge in [0.15, 0.2) is 0 Å². The third-order valence-electron chi connectivity index (χ3n) is 4.05. The maximum absolute atomic E-state index is 12.0. The van der Waals surface area contributed by atoms with Gasteiger partial charge in [-0.15, -0.1) is 11.3 Å². The fourth-order valence-electron chi connectivity index (χ4n) is 2.70. The highest BCUT2D eigenvalue weighted by Gasteiger charge is 2.26. The van der Waals surface area contributed by atoms with Crippen molar-refractivity contribution in [3.63, 3.8) is 0 Å². The first-order valence-electron chi connectivity index (χ1n) is 8.07. The molecule has 1 aromatic rings. The highest BCUT2D eigenvalue weighted by molar-refractivity contribution is 7.14. The van der Waals surface area contributed by atoms with Crippen LogP contribution in [0, 0.1) is 5.92 Å². The van der Waals surface area contributed by atoms with Gasteiger partial charge in [0, 0.05) is 13.0 Å². The van der Waals surface area contributed by atoms with Crippen molar-refractivity contribution in [3.05, 3.63) is 17.0 Å². The first-order chi connectivity index (χ1) is 11.5. The van der Waals surface area contributed by atoms with Crippen LogP contribution in [0.2, 0.25) is 0 Å². The minimum atomic E-state index is -0.549. The average molecular weight is 353 g/mol. The minimum absolute atomic E-state index is 0.0285. The molecule has 2 rings (SSSR count). The smallest absolute Gasteiger partial charge is 0.309 e. The second-order valence-corrected chi connectivity index (χ2v) is 6.61. The van der Waals surface area contributed by atoms with Crippen molar-refractivity contribution in [2.75, 3.05) is 31.6 Å². The van der Waals surface area contributed by atoms with Gasteiger partial charge in [-0.3, -0.25) is 14.4 Å². The molecule has 2 heterocycles. The van der Waals surface area contributed by atoms with Gasteiger partial charge in [0.25, 0.3) is 5.91 Å². The monoisotopic (exact) mass is 353 g/mol. The number of ether oxygens (including phenoxy) is 1. The summed E-state index contributed by atoms with van der Waals surface area (Å²) >= 11 is 1.28. The Balaban J connectivity index is 1.72. The largest absolute Gasteiger partial charge is 0.466 e. The molecule has 0 radical (unpaired) electrons. The number of carbonyl (C=O) groups is 3. The van der Waals surface area contributed by atoms with Crippen LogP contribution in [0.3, 0.4) is 0 Å². The van der Waals surface area contributed by atoms with E-state index >= 15 is 0 Å². The molecule has 0 aliphatic carbocycles. The van der Waals surface area contributed by atoms with Gasteiger partial charge in [-0.2, -0.15) is 0 Å². The molecule has 1 fully saturated rings. The summed E-state index contributed by atoms with van der Waals surface area (Å²) in [5.74, 6) is -0.842. The number of carbonyl (C=O) groups excluding carboxylic acids is 3. The van der Waals surface area contributed by atoms with Crippen molar-refractivity contribution in [2.24, 2.45) is 11.7 Å². The zero-order chi connectivity index (χ0) is 17.5. The molecule has 0 saturated carbocycles. The molecule has 0 aromatic carbocycles. The summed E-state index contributed by atoms with van der Waals surface area (Å²) in [6.07, 6.45) is 1.86. The van der Waals surface area contributed by atoms with Crippen LogP contribution in [-0.2, 0) is 14.3 Å². The molecular formula is C16H23N3O4S. The van der Waals surface area contributed by atoms with Crippen LogP contribution in [-0.4, -0.2) is 48.9 Å². The van der Waals surface area contributed by atoms with E-state index in [2.05, 4.69) is 10.2 Å². The number of amides is 2. The number of esters is 1. The van der Waals surface area contributed by atoms with Gasteiger partial charge in [-0.05, 0) is 44.3 Å². The van der Waals surface area contributed by atoms with E-state index in [0.29, 0.717) is 30.1 Å². The van der Waals surface area contributed by atoms with Crippen molar-refractivity contribution >= 4 is 34.1 Å². The number of nitrogens with one attached hydrogen (secondary N) is 1. The van der Waals surface area contributed by atoms with Gasteiger partial charge in [-0.1, -0.05) is 0 Å². The van der Waals surface area contributed by atoms with Crippen LogP contribution in [0.25, 0.3) is 0 Å². The lowest BCUT2D eigenvalue weighted by Crippen LogP contribution is -2.38. The average Bonchev–Trinajstić information content (AvgIpc) is 3.02. The van der Waals surface area contributed by atoms with E-state index < -0.39 is 5.91 Å². The molecular weight excluding hydrogens is 330 g/mol. The number of hydrogen-bond donors (Lipinski definition) is 2. The molecule has 3 N–H and O–H groups in total. The van der Waals surface area contributed by atoms with Gasteiger partial charge in [0.1, 0.15) is 5.00 Å². The zero-order valence-corrected chi connectivity index (χ0v) is 14.6. The topological polar surface area (TPSA) is 102 Å². The number of nitrogens with zero attached hydrogens (tertiary/aromatic N) is 1. The van der Waals surface area contributed by atoms with Crippen molar-refractivity contribution < 1.29 is 19.1 Å². The molecule has 1 aliphatic rings. The van der Waals surface area contributed by atoms with Gasteiger partial charge in [-0.25, -0.2) is 0 Å². The predicted molar refractivity (Wildman–Crippen MR) is 91.9 cm³/mol. The molecule has 24 heavy (non-hydrogen) atoms. The molecule has 8 heteroatoms. The molecule has 2 amide bonds. The normalized spacial score (nSPS) is 15.9. The van der Waals surface area contributed by atoms with E-state index in [1.54, 1.807) is 11.4 Å². The fourth-order valence-corrected chi connectivity index (χ4v) is 3.51. The first-order valence-corrected chi connectivity index (χ1v) is 8.95. The van der Waals surface area contributed by atoms with Crippen LogP contribution in [0.15, 0.2) is 11.4 Å². The van der Waals surface area contributed by atoms with Crippen LogP contribution in [0.4, 0.5) is 5.00 Å². The Kier molecular flexibility index (Phi) is 6.74. The SMILES string of the molecule is CCOC(=O)C1CCN(CCC(=O)Nc2sccc2C(N)=O)CC1. The summed E-state index contributed by atoms with van der Waals surface area (Å²) in [4.78, 5) is 37.1. The lowest BCUT2D eigenvalue weighted by Gasteiger charge is -2.30. The maximum atomic E-state index is 12.0. The van der Waals surface area contributed by atoms with Crippen LogP contribution < -0.4 is 11.1 Å². The Morgan fingerprint density at radius 3 is 2.71 bits per heavy atom. The molecule has 0 unspecified atom stereocenters. The molecule has 1 saturated heterocycles. The lowest BCUT2D eigenvalue weighted by molar-refractivity contribution is -0.149. The zero-order valence-electron chi connectivity index (χ0n) is 13.7. The number of piperidine rings is 1. The number of primary amides is 1. The van der Waals surface area contributed by atoms with E-state index in [0.717, 1.165) is 25.9 Å². The second kappa shape index (κ2) is 8.79. The number of rotatable bonds is 7.